The van der Waals surface area contributed by atoms with Crippen LogP contribution in [0.5, 0.6) is 0 Å². The predicted molar refractivity (Wildman–Crippen MR) is 90.9 cm³/mol. The molecular weight excluding hydrogens is 258 g/mol. The van der Waals surface area contributed by atoms with E-state index in [9.17, 15) is 0 Å². The van der Waals surface area contributed by atoms with Gasteiger partial charge in [-0.05, 0) is 42.5 Å². The van der Waals surface area contributed by atoms with Crippen LogP contribution in [-0.4, -0.2) is 6.54 Å². The van der Waals surface area contributed by atoms with Gasteiger partial charge >= 0.3 is 0 Å². The summed E-state index contributed by atoms with van der Waals surface area (Å²) < 4.78 is 6.12. The second kappa shape index (κ2) is 6.65. The van der Waals surface area contributed by atoms with Gasteiger partial charge in [-0.25, -0.2) is 0 Å². The van der Waals surface area contributed by atoms with Gasteiger partial charge in [0, 0.05) is 10.9 Å². The van der Waals surface area contributed by atoms with Crippen LogP contribution in [0.15, 0.2) is 22.6 Å². The van der Waals surface area contributed by atoms with Crippen LogP contribution < -0.4 is 5.32 Å². The molecule has 2 nitrogen and oxygen atoms in total. The van der Waals surface area contributed by atoms with Gasteiger partial charge in [0.15, 0.2) is 0 Å². The van der Waals surface area contributed by atoms with E-state index >= 15 is 0 Å². The Bertz CT molecular complexity index is 589. The van der Waals surface area contributed by atoms with Crippen LogP contribution in [-0.2, 0) is 18.4 Å². The first kappa shape index (κ1) is 16.1. The Labute approximate surface area is 128 Å². The van der Waals surface area contributed by atoms with Gasteiger partial charge in [0.1, 0.15) is 11.3 Å². The monoisotopic (exact) mass is 287 g/mol. The number of hydrogen-bond donors (Lipinski definition) is 1. The average molecular weight is 287 g/mol. The number of nitrogens with one attached hydrogen (secondary N) is 1. The largest absolute Gasteiger partial charge is 0.459 e. The average Bonchev–Trinajstić information content (AvgIpc) is 2.80. The second-order valence-corrected chi connectivity index (χ2v) is 6.86. The number of fused-ring (bicyclic) bond motifs is 1. The maximum Gasteiger partial charge on any atom is 0.134 e. The van der Waals surface area contributed by atoms with Crippen molar-refractivity contribution in [2.45, 2.75) is 65.8 Å². The van der Waals surface area contributed by atoms with E-state index in [2.05, 4.69) is 58.1 Å². The standard InChI is InChI=1S/C19H29NO/c1-6-8-9-14-10-11-16-15(12-14)18(19(3,4)5)17(21-16)13-20-7-2/h10-12,20H,6-9,13H2,1-5H3. The third kappa shape index (κ3) is 3.68. The second-order valence-electron chi connectivity index (χ2n) is 6.86. The number of furan rings is 1. The minimum atomic E-state index is 0.0966. The van der Waals surface area contributed by atoms with E-state index < -0.39 is 0 Å². The molecule has 0 bridgehead atoms. The highest BCUT2D eigenvalue weighted by Crippen LogP contribution is 2.36. The Morgan fingerprint density at radius 3 is 2.52 bits per heavy atom. The van der Waals surface area contributed by atoms with Gasteiger partial charge in [0.2, 0.25) is 0 Å². The predicted octanol–water partition coefficient (Wildman–Crippen LogP) is 5.18. The first-order valence-corrected chi connectivity index (χ1v) is 8.22. The summed E-state index contributed by atoms with van der Waals surface area (Å²) in [6.07, 6.45) is 3.64. The maximum atomic E-state index is 6.12. The molecule has 2 rings (SSSR count). The molecule has 1 N–H and O–H groups in total. The minimum Gasteiger partial charge on any atom is -0.459 e. The molecule has 0 atom stereocenters. The number of unbranched alkanes of at least 4 members (excludes halogenated alkanes) is 1. The van der Waals surface area contributed by atoms with Gasteiger partial charge in [-0.2, -0.15) is 0 Å². The van der Waals surface area contributed by atoms with Crippen molar-refractivity contribution in [2.75, 3.05) is 6.54 Å². The summed E-state index contributed by atoms with van der Waals surface area (Å²) >= 11 is 0. The maximum absolute atomic E-state index is 6.12. The van der Waals surface area contributed by atoms with Gasteiger partial charge < -0.3 is 9.73 Å². The summed E-state index contributed by atoms with van der Waals surface area (Å²) in [5, 5.41) is 4.69. The van der Waals surface area contributed by atoms with E-state index in [1.54, 1.807) is 0 Å². The van der Waals surface area contributed by atoms with Crippen molar-refractivity contribution in [3.63, 3.8) is 0 Å². The molecule has 0 saturated heterocycles. The normalized spacial score (nSPS) is 12.2. The fraction of sp³-hybridized carbons (Fsp3) is 0.579. The highest BCUT2D eigenvalue weighted by Gasteiger charge is 2.25. The molecule has 0 aliphatic rings. The highest BCUT2D eigenvalue weighted by atomic mass is 16.3. The molecule has 0 spiro atoms. The van der Waals surface area contributed by atoms with Crippen molar-refractivity contribution < 1.29 is 4.42 Å². The minimum absolute atomic E-state index is 0.0966. The number of hydrogen-bond acceptors (Lipinski definition) is 2. The van der Waals surface area contributed by atoms with Gasteiger partial charge in [0.25, 0.3) is 0 Å². The first-order chi connectivity index (χ1) is 9.97. The van der Waals surface area contributed by atoms with E-state index in [1.165, 1.54) is 29.4 Å². The zero-order valence-electron chi connectivity index (χ0n) is 14.2. The van der Waals surface area contributed by atoms with Crippen LogP contribution in [0.4, 0.5) is 0 Å². The number of aryl methyl sites for hydroxylation is 1. The van der Waals surface area contributed by atoms with Gasteiger partial charge in [-0.1, -0.05) is 47.1 Å². The summed E-state index contributed by atoms with van der Waals surface area (Å²) in [7, 11) is 0. The third-order valence-electron chi connectivity index (χ3n) is 3.93. The smallest absolute Gasteiger partial charge is 0.134 e. The Hall–Kier alpha value is -1.28. The highest BCUT2D eigenvalue weighted by molar-refractivity contribution is 5.84. The van der Waals surface area contributed by atoms with E-state index in [0.29, 0.717) is 0 Å². The SMILES string of the molecule is CCCCc1ccc2oc(CNCC)c(C(C)(C)C)c2c1. The quantitative estimate of drug-likeness (QED) is 0.791. The lowest BCUT2D eigenvalue weighted by Crippen LogP contribution is -2.18. The molecule has 2 heteroatoms. The van der Waals surface area contributed by atoms with Crippen LogP contribution in [0.2, 0.25) is 0 Å². The van der Waals surface area contributed by atoms with Crippen LogP contribution >= 0.6 is 0 Å². The fourth-order valence-electron chi connectivity index (χ4n) is 2.92. The van der Waals surface area contributed by atoms with E-state index in [4.69, 9.17) is 4.42 Å². The lowest BCUT2D eigenvalue weighted by Gasteiger charge is -2.19. The molecule has 0 aliphatic heterocycles. The zero-order chi connectivity index (χ0) is 15.5. The van der Waals surface area contributed by atoms with Gasteiger partial charge in [-0.15, -0.1) is 0 Å². The summed E-state index contributed by atoms with van der Waals surface area (Å²) in [4.78, 5) is 0. The van der Waals surface area contributed by atoms with Crippen molar-refractivity contribution in [2.24, 2.45) is 0 Å². The fourth-order valence-corrected chi connectivity index (χ4v) is 2.92. The molecule has 0 fully saturated rings. The summed E-state index contributed by atoms with van der Waals surface area (Å²) in [6, 6.07) is 6.69. The topological polar surface area (TPSA) is 25.2 Å². The van der Waals surface area contributed by atoms with Crippen LogP contribution in [0.3, 0.4) is 0 Å². The first-order valence-electron chi connectivity index (χ1n) is 8.22. The molecule has 116 valence electrons. The van der Waals surface area contributed by atoms with E-state index in [0.717, 1.165) is 30.9 Å². The van der Waals surface area contributed by atoms with Gasteiger partial charge in [-0.3, -0.25) is 0 Å². The Balaban J connectivity index is 2.49. The van der Waals surface area contributed by atoms with Crippen LogP contribution in [0.25, 0.3) is 11.0 Å². The molecule has 21 heavy (non-hydrogen) atoms. The Morgan fingerprint density at radius 2 is 1.90 bits per heavy atom. The summed E-state index contributed by atoms with van der Waals surface area (Å²) in [6.45, 7) is 12.9. The van der Waals surface area contributed by atoms with Crippen molar-refractivity contribution in [1.82, 2.24) is 5.32 Å². The molecule has 1 aromatic heterocycles. The molecule has 1 heterocycles. The molecule has 1 aromatic carbocycles. The Kier molecular flexibility index (Phi) is 5.10. The lowest BCUT2D eigenvalue weighted by molar-refractivity contribution is 0.487. The van der Waals surface area contributed by atoms with E-state index in [-0.39, 0.29) is 5.41 Å². The van der Waals surface area contributed by atoms with Gasteiger partial charge in [0.05, 0.1) is 6.54 Å². The summed E-state index contributed by atoms with van der Waals surface area (Å²) in [5.74, 6) is 1.09. The van der Waals surface area contributed by atoms with Crippen molar-refractivity contribution in [3.05, 3.63) is 35.1 Å². The van der Waals surface area contributed by atoms with Crippen LogP contribution in [0.1, 0.15) is 64.3 Å². The molecule has 0 unspecified atom stereocenters. The van der Waals surface area contributed by atoms with Crippen molar-refractivity contribution in [3.8, 4) is 0 Å². The Morgan fingerprint density at radius 1 is 1.14 bits per heavy atom. The molecule has 0 radical (unpaired) electrons. The molecule has 0 amide bonds. The molecule has 0 saturated carbocycles. The third-order valence-corrected chi connectivity index (χ3v) is 3.93. The number of rotatable bonds is 6. The molecule has 2 aromatic rings. The van der Waals surface area contributed by atoms with Crippen molar-refractivity contribution >= 4 is 11.0 Å². The van der Waals surface area contributed by atoms with E-state index in [1.807, 2.05) is 0 Å². The summed E-state index contributed by atoms with van der Waals surface area (Å²) in [5.41, 5.74) is 3.90. The van der Waals surface area contributed by atoms with Crippen molar-refractivity contribution in [1.29, 1.82) is 0 Å². The zero-order valence-corrected chi connectivity index (χ0v) is 14.2. The molecular formula is C19H29NO. The number of benzene rings is 1. The molecule has 0 aliphatic carbocycles. The lowest BCUT2D eigenvalue weighted by atomic mass is 9.84. The van der Waals surface area contributed by atoms with Crippen LogP contribution in [0, 0.1) is 0 Å².